The minimum Gasteiger partial charge on any atom is -0.478 e. The zero-order valence-corrected chi connectivity index (χ0v) is 8.18. The number of carboxylic acid groups (broad SMARTS) is 1. The predicted molar refractivity (Wildman–Crippen MR) is 49.9 cm³/mol. The molecule has 0 unspecified atom stereocenters. The number of nitriles is 1. The van der Waals surface area contributed by atoms with E-state index in [9.17, 15) is 4.79 Å². The molecule has 3 nitrogen and oxygen atoms in total. The lowest BCUT2D eigenvalue weighted by Gasteiger charge is -2.11. The van der Waals surface area contributed by atoms with Gasteiger partial charge in [0.05, 0.1) is 17.0 Å². The molecule has 1 rings (SSSR count). The van der Waals surface area contributed by atoms with Gasteiger partial charge in [0, 0.05) is 10.3 Å². The molecule has 13 heavy (non-hydrogen) atoms. The van der Waals surface area contributed by atoms with Gasteiger partial charge in [0.2, 0.25) is 0 Å². The van der Waals surface area contributed by atoms with Crippen LogP contribution in [0.25, 0.3) is 0 Å². The number of aromatic carboxylic acids is 1. The highest BCUT2D eigenvalue weighted by Gasteiger charge is 2.22. The first-order valence-corrected chi connectivity index (χ1v) is 4.59. The fraction of sp³-hybridized carbons (Fsp3) is 0.333. The second kappa shape index (κ2) is 3.19. The maximum atomic E-state index is 10.6. The van der Waals surface area contributed by atoms with Crippen LogP contribution in [0.2, 0.25) is 0 Å². The Hall–Kier alpha value is -1.34. The first-order valence-electron chi connectivity index (χ1n) is 3.71. The Kier molecular flexibility index (Phi) is 2.39. The quantitative estimate of drug-likeness (QED) is 0.787. The van der Waals surface area contributed by atoms with Gasteiger partial charge >= 0.3 is 5.97 Å². The van der Waals surface area contributed by atoms with Gasteiger partial charge in [0.1, 0.15) is 0 Å². The molecule has 1 N–H and O–H groups in total. The molecule has 0 spiro atoms. The van der Waals surface area contributed by atoms with E-state index in [1.807, 2.05) is 0 Å². The summed E-state index contributed by atoms with van der Waals surface area (Å²) in [4.78, 5) is 11.3. The lowest BCUT2D eigenvalue weighted by atomic mass is 9.93. The minimum absolute atomic E-state index is 0.253. The molecule has 1 heterocycles. The third-order valence-electron chi connectivity index (χ3n) is 1.74. The van der Waals surface area contributed by atoms with Crippen molar-refractivity contribution in [3.05, 3.63) is 21.9 Å². The van der Waals surface area contributed by atoms with Gasteiger partial charge in [-0.3, -0.25) is 0 Å². The summed E-state index contributed by atoms with van der Waals surface area (Å²) in [5, 5.41) is 19.0. The van der Waals surface area contributed by atoms with Crippen LogP contribution in [-0.2, 0) is 5.41 Å². The average Bonchev–Trinajstić information content (AvgIpc) is 2.52. The third kappa shape index (κ3) is 1.87. The van der Waals surface area contributed by atoms with Crippen molar-refractivity contribution < 1.29 is 9.90 Å². The van der Waals surface area contributed by atoms with Gasteiger partial charge < -0.3 is 5.11 Å². The van der Waals surface area contributed by atoms with Crippen LogP contribution in [0.4, 0.5) is 0 Å². The van der Waals surface area contributed by atoms with Crippen molar-refractivity contribution in [2.75, 3.05) is 0 Å². The predicted octanol–water partition coefficient (Wildman–Crippen LogP) is 2.25. The molecule has 0 aliphatic heterocycles. The molecule has 0 amide bonds. The van der Waals surface area contributed by atoms with Crippen LogP contribution < -0.4 is 0 Å². The standard InChI is InChI=1S/C9H9NO2S/c1-9(2,5-10)7-3-6(4-13-7)8(11)12/h3-4H,1-2H3,(H,11,12). The molecular weight excluding hydrogens is 186 g/mol. The van der Waals surface area contributed by atoms with Gasteiger partial charge in [-0.25, -0.2) is 4.79 Å². The SMILES string of the molecule is CC(C)(C#N)c1cc(C(=O)O)cs1. The van der Waals surface area contributed by atoms with E-state index in [0.29, 0.717) is 0 Å². The largest absolute Gasteiger partial charge is 0.478 e. The second-order valence-electron chi connectivity index (χ2n) is 3.24. The van der Waals surface area contributed by atoms with E-state index < -0.39 is 11.4 Å². The Bertz CT molecular complexity index is 373. The Morgan fingerprint density at radius 2 is 2.31 bits per heavy atom. The van der Waals surface area contributed by atoms with Gasteiger partial charge in [-0.1, -0.05) is 0 Å². The van der Waals surface area contributed by atoms with E-state index in [-0.39, 0.29) is 5.56 Å². The van der Waals surface area contributed by atoms with Crippen LogP contribution in [0.5, 0.6) is 0 Å². The van der Waals surface area contributed by atoms with Crippen LogP contribution in [0, 0.1) is 11.3 Å². The molecule has 0 aliphatic rings. The van der Waals surface area contributed by atoms with Crippen molar-refractivity contribution in [3.8, 4) is 6.07 Å². The number of thiophene rings is 1. The monoisotopic (exact) mass is 195 g/mol. The first-order chi connectivity index (χ1) is 5.97. The van der Waals surface area contributed by atoms with Crippen molar-refractivity contribution in [2.24, 2.45) is 0 Å². The molecular formula is C9H9NO2S. The van der Waals surface area contributed by atoms with Crippen molar-refractivity contribution >= 4 is 17.3 Å². The molecule has 0 fully saturated rings. The smallest absolute Gasteiger partial charge is 0.336 e. The summed E-state index contributed by atoms with van der Waals surface area (Å²) >= 11 is 1.31. The molecule has 0 saturated carbocycles. The van der Waals surface area contributed by atoms with E-state index in [1.165, 1.54) is 11.3 Å². The fourth-order valence-electron chi connectivity index (χ4n) is 0.831. The topological polar surface area (TPSA) is 61.1 Å². The van der Waals surface area contributed by atoms with Crippen LogP contribution in [0.1, 0.15) is 29.1 Å². The number of rotatable bonds is 2. The Balaban J connectivity index is 3.07. The summed E-state index contributed by atoms with van der Waals surface area (Å²) in [5.74, 6) is -0.948. The lowest BCUT2D eigenvalue weighted by Crippen LogP contribution is -2.11. The van der Waals surface area contributed by atoms with E-state index in [1.54, 1.807) is 25.3 Å². The number of carbonyl (C=O) groups is 1. The average molecular weight is 195 g/mol. The third-order valence-corrected chi connectivity index (χ3v) is 3.00. The van der Waals surface area contributed by atoms with E-state index in [4.69, 9.17) is 10.4 Å². The summed E-state index contributed by atoms with van der Waals surface area (Å²) in [6, 6.07) is 3.68. The van der Waals surface area contributed by atoms with E-state index >= 15 is 0 Å². The molecule has 0 radical (unpaired) electrons. The van der Waals surface area contributed by atoms with Gasteiger partial charge in [-0.15, -0.1) is 11.3 Å². The van der Waals surface area contributed by atoms with Crippen molar-refractivity contribution in [2.45, 2.75) is 19.3 Å². The first kappa shape index (κ1) is 9.75. The Morgan fingerprint density at radius 1 is 1.69 bits per heavy atom. The molecule has 1 aromatic heterocycles. The summed E-state index contributed by atoms with van der Waals surface area (Å²) in [5.41, 5.74) is -0.346. The van der Waals surface area contributed by atoms with Crippen LogP contribution in [0.15, 0.2) is 11.4 Å². The molecule has 0 saturated heterocycles. The van der Waals surface area contributed by atoms with Gasteiger partial charge in [0.15, 0.2) is 0 Å². The van der Waals surface area contributed by atoms with Crippen LogP contribution >= 0.6 is 11.3 Å². The van der Waals surface area contributed by atoms with Crippen molar-refractivity contribution in [1.82, 2.24) is 0 Å². The zero-order chi connectivity index (χ0) is 10.1. The van der Waals surface area contributed by atoms with Crippen molar-refractivity contribution in [1.29, 1.82) is 5.26 Å². The van der Waals surface area contributed by atoms with E-state index in [2.05, 4.69) is 6.07 Å². The van der Waals surface area contributed by atoms with Gasteiger partial charge in [-0.2, -0.15) is 5.26 Å². The summed E-state index contributed by atoms with van der Waals surface area (Å²) < 4.78 is 0. The highest BCUT2D eigenvalue weighted by atomic mass is 32.1. The maximum Gasteiger partial charge on any atom is 0.336 e. The molecule has 68 valence electrons. The van der Waals surface area contributed by atoms with Gasteiger partial charge in [-0.05, 0) is 19.9 Å². The number of nitrogens with zero attached hydrogens (tertiary/aromatic N) is 1. The van der Waals surface area contributed by atoms with Crippen LogP contribution in [-0.4, -0.2) is 11.1 Å². The fourth-order valence-corrected chi connectivity index (χ4v) is 1.79. The summed E-state index contributed by atoms with van der Waals surface area (Å²) in [6.07, 6.45) is 0. The minimum atomic E-state index is -0.948. The Morgan fingerprint density at radius 3 is 2.69 bits per heavy atom. The Labute approximate surface area is 80.2 Å². The number of hydrogen-bond donors (Lipinski definition) is 1. The number of hydrogen-bond acceptors (Lipinski definition) is 3. The highest BCUT2D eigenvalue weighted by Crippen LogP contribution is 2.28. The molecule has 0 atom stereocenters. The van der Waals surface area contributed by atoms with Crippen LogP contribution in [0.3, 0.4) is 0 Å². The molecule has 0 aliphatic carbocycles. The molecule has 4 heteroatoms. The summed E-state index contributed by atoms with van der Waals surface area (Å²) in [6.45, 7) is 3.54. The highest BCUT2D eigenvalue weighted by molar-refractivity contribution is 7.10. The number of carboxylic acids is 1. The normalized spacial score (nSPS) is 10.8. The molecule has 1 aromatic rings. The molecule has 0 bridgehead atoms. The maximum absolute atomic E-state index is 10.6. The zero-order valence-electron chi connectivity index (χ0n) is 7.37. The molecule has 0 aromatic carbocycles. The second-order valence-corrected chi connectivity index (χ2v) is 4.15. The lowest BCUT2D eigenvalue weighted by molar-refractivity contribution is 0.0697. The summed E-state index contributed by atoms with van der Waals surface area (Å²) in [7, 11) is 0. The van der Waals surface area contributed by atoms with Gasteiger partial charge in [0.25, 0.3) is 0 Å². The van der Waals surface area contributed by atoms with E-state index in [0.717, 1.165) is 4.88 Å². The van der Waals surface area contributed by atoms with Crippen molar-refractivity contribution in [3.63, 3.8) is 0 Å².